The quantitative estimate of drug-likeness (QED) is 0.805. The molecule has 0 N–H and O–H groups in total. The Labute approximate surface area is 164 Å². The fourth-order valence-electron chi connectivity index (χ4n) is 4.11. The summed E-state index contributed by atoms with van der Waals surface area (Å²) in [6, 6.07) is 9.19. The van der Waals surface area contributed by atoms with Gasteiger partial charge in [-0.3, -0.25) is 9.59 Å². The molecule has 1 atom stereocenters. The highest BCUT2D eigenvalue weighted by atomic mass is 16.5. The van der Waals surface area contributed by atoms with Gasteiger partial charge in [-0.05, 0) is 36.8 Å². The number of aromatic nitrogens is 1. The van der Waals surface area contributed by atoms with Crippen LogP contribution in [0.2, 0.25) is 0 Å². The molecule has 0 aliphatic carbocycles. The highest BCUT2D eigenvalue weighted by Gasteiger charge is 2.35. The second kappa shape index (κ2) is 7.78. The number of hydrogen-bond acceptors (Lipinski definition) is 5. The number of Topliss-reactive ketones (excluding diaryl/α,β-unsaturated/α-hetero) is 1. The van der Waals surface area contributed by atoms with E-state index in [0.29, 0.717) is 42.4 Å². The average molecular weight is 382 g/mol. The second-order valence-corrected chi connectivity index (χ2v) is 8.19. The fourth-order valence-corrected chi connectivity index (χ4v) is 4.11. The Morgan fingerprint density at radius 3 is 2.75 bits per heavy atom. The number of nitrogens with zero attached hydrogens (tertiary/aromatic N) is 2. The lowest BCUT2D eigenvalue weighted by Gasteiger charge is -2.37. The van der Waals surface area contributed by atoms with Crippen LogP contribution in [0.5, 0.6) is 5.75 Å². The summed E-state index contributed by atoms with van der Waals surface area (Å²) in [4.78, 5) is 27.0. The molecule has 1 unspecified atom stereocenters. The SMILES string of the molecule is CC(C)Cc1cc(C(=O)N2CCC(C3CC(=O)c4ccccc4O3)CC2)no1. The molecule has 1 aromatic heterocycles. The van der Waals surface area contributed by atoms with E-state index in [1.165, 1.54) is 0 Å². The van der Waals surface area contributed by atoms with Crippen molar-refractivity contribution in [2.24, 2.45) is 11.8 Å². The largest absolute Gasteiger partial charge is 0.489 e. The minimum Gasteiger partial charge on any atom is -0.489 e. The van der Waals surface area contributed by atoms with Crippen LogP contribution in [0.15, 0.2) is 34.9 Å². The molecule has 0 saturated carbocycles. The number of ketones is 1. The Balaban J connectivity index is 1.35. The minimum atomic E-state index is -0.107. The normalized spacial score (nSPS) is 20.2. The molecular formula is C22H26N2O4. The zero-order chi connectivity index (χ0) is 19.7. The van der Waals surface area contributed by atoms with Gasteiger partial charge in [0.15, 0.2) is 11.5 Å². The average Bonchev–Trinajstić information content (AvgIpc) is 3.15. The maximum atomic E-state index is 12.7. The Morgan fingerprint density at radius 2 is 2.00 bits per heavy atom. The van der Waals surface area contributed by atoms with Gasteiger partial charge in [-0.25, -0.2) is 0 Å². The summed E-state index contributed by atoms with van der Waals surface area (Å²) in [5, 5.41) is 3.95. The van der Waals surface area contributed by atoms with Crippen molar-refractivity contribution in [3.8, 4) is 5.75 Å². The van der Waals surface area contributed by atoms with E-state index in [9.17, 15) is 9.59 Å². The van der Waals surface area contributed by atoms with E-state index in [4.69, 9.17) is 9.26 Å². The second-order valence-electron chi connectivity index (χ2n) is 8.19. The fraction of sp³-hybridized carbons (Fsp3) is 0.500. The van der Waals surface area contributed by atoms with Crippen molar-refractivity contribution < 1.29 is 18.8 Å². The predicted molar refractivity (Wildman–Crippen MR) is 103 cm³/mol. The number of fused-ring (bicyclic) bond motifs is 1. The van der Waals surface area contributed by atoms with Crippen molar-refractivity contribution in [2.45, 2.75) is 45.6 Å². The molecule has 1 aromatic carbocycles. The van der Waals surface area contributed by atoms with Crippen molar-refractivity contribution in [2.75, 3.05) is 13.1 Å². The van der Waals surface area contributed by atoms with E-state index in [1.54, 1.807) is 6.07 Å². The number of carbonyl (C=O) groups excluding carboxylic acids is 2. The number of benzene rings is 1. The Hall–Kier alpha value is -2.63. The number of piperidine rings is 1. The number of amides is 1. The molecule has 6 nitrogen and oxygen atoms in total. The molecule has 6 heteroatoms. The number of rotatable bonds is 4. The van der Waals surface area contributed by atoms with Crippen LogP contribution in [-0.4, -0.2) is 40.9 Å². The van der Waals surface area contributed by atoms with Crippen molar-refractivity contribution in [3.63, 3.8) is 0 Å². The van der Waals surface area contributed by atoms with Crippen molar-refractivity contribution in [3.05, 3.63) is 47.3 Å². The lowest BCUT2D eigenvalue weighted by molar-refractivity contribution is 0.0447. The third-order valence-corrected chi connectivity index (χ3v) is 5.59. The first-order chi connectivity index (χ1) is 13.5. The van der Waals surface area contributed by atoms with Gasteiger partial charge in [-0.2, -0.15) is 0 Å². The zero-order valence-corrected chi connectivity index (χ0v) is 16.4. The van der Waals surface area contributed by atoms with Gasteiger partial charge in [0.1, 0.15) is 17.6 Å². The molecule has 0 bridgehead atoms. The van der Waals surface area contributed by atoms with Gasteiger partial charge in [0, 0.05) is 32.0 Å². The van der Waals surface area contributed by atoms with Crippen molar-refractivity contribution >= 4 is 11.7 Å². The highest BCUT2D eigenvalue weighted by Crippen LogP contribution is 2.33. The first-order valence-electron chi connectivity index (χ1n) is 10.0. The lowest BCUT2D eigenvalue weighted by Crippen LogP contribution is -2.44. The Kier molecular flexibility index (Phi) is 5.20. The third kappa shape index (κ3) is 3.81. The lowest BCUT2D eigenvalue weighted by atomic mass is 9.86. The summed E-state index contributed by atoms with van der Waals surface area (Å²) < 4.78 is 11.4. The number of ether oxygens (including phenoxy) is 1. The van der Waals surface area contributed by atoms with Crippen molar-refractivity contribution in [1.29, 1.82) is 0 Å². The molecule has 2 aliphatic rings. The summed E-state index contributed by atoms with van der Waals surface area (Å²) in [5.41, 5.74) is 1.06. The molecule has 3 heterocycles. The topological polar surface area (TPSA) is 72.6 Å². The van der Waals surface area contributed by atoms with Gasteiger partial charge >= 0.3 is 0 Å². The number of hydrogen-bond donors (Lipinski definition) is 0. The van der Waals surface area contributed by atoms with Crippen LogP contribution < -0.4 is 4.74 Å². The van der Waals surface area contributed by atoms with Gasteiger partial charge in [0.05, 0.1) is 5.56 Å². The molecule has 1 fully saturated rings. The molecule has 148 valence electrons. The summed E-state index contributed by atoms with van der Waals surface area (Å²) in [5.74, 6) is 2.22. The van der Waals surface area contributed by atoms with E-state index in [2.05, 4.69) is 19.0 Å². The smallest absolute Gasteiger partial charge is 0.276 e. The molecular weight excluding hydrogens is 356 g/mol. The first-order valence-corrected chi connectivity index (χ1v) is 10.0. The third-order valence-electron chi connectivity index (χ3n) is 5.59. The first kappa shape index (κ1) is 18.7. The monoisotopic (exact) mass is 382 g/mol. The summed E-state index contributed by atoms with van der Waals surface area (Å²) in [6.45, 7) is 5.49. The number of carbonyl (C=O) groups is 2. The number of likely N-dealkylation sites (tertiary alicyclic amines) is 1. The standard InChI is InChI=1S/C22H26N2O4/c1-14(2)11-16-12-18(23-28-16)22(26)24-9-7-15(8-10-24)21-13-19(25)17-5-3-4-6-20(17)27-21/h3-6,12,14-15,21H,7-11,13H2,1-2H3. The summed E-state index contributed by atoms with van der Waals surface area (Å²) in [6.07, 6.45) is 2.73. The molecule has 1 saturated heterocycles. The minimum absolute atomic E-state index is 0.0804. The van der Waals surface area contributed by atoms with E-state index in [1.807, 2.05) is 29.2 Å². The van der Waals surface area contributed by atoms with Crippen LogP contribution in [0.4, 0.5) is 0 Å². The van der Waals surface area contributed by atoms with E-state index < -0.39 is 0 Å². The van der Waals surface area contributed by atoms with Gasteiger partial charge in [-0.1, -0.05) is 31.1 Å². The summed E-state index contributed by atoms with van der Waals surface area (Å²) >= 11 is 0. The van der Waals surface area contributed by atoms with Gasteiger partial charge in [0.2, 0.25) is 0 Å². The maximum absolute atomic E-state index is 12.7. The molecule has 1 amide bonds. The molecule has 4 rings (SSSR count). The van der Waals surface area contributed by atoms with E-state index >= 15 is 0 Å². The highest BCUT2D eigenvalue weighted by molar-refractivity contribution is 5.99. The Morgan fingerprint density at radius 1 is 1.25 bits per heavy atom. The van der Waals surface area contributed by atoms with Gasteiger partial charge in [-0.15, -0.1) is 0 Å². The Bertz CT molecular complexity index is 865. The van der Waals surface area contributed by atoms with Crippen LogP contribution in [0.25, 0.3) is 0 Å². The summed E-state index contributed by atoms with van der Waals surface area (Å²) in [7, 11) is 0. The maximum Gasteiger partial charge on any atom is 0.276 e. The molecule has 0 spiro atoms. The molecule has 28 heavy (non-hydrogen) atoms. The molecule has 0 radical (unpaired) electrons. The van der Waals surface area contributed by atoms with Gasteiger partial charge < -0.3 is 14.2 Å². The van der Waals surface area contributed by atoms with Crippen LogP contribution >= 0.6 is 0 Å². The van der Waals surface area contributed by atoms with Crippen LogP contribution in [-0.2, 0) is 6.42 Å². The van der Waals surface area contributed by atoms with Gasteiger partial charge in [0.25, 0.3) is 5.91 Å². The zero-order valence-electron chi connectivity index (χ0n) is 16.4. The van der Waals surface area contributed by atoms with Crippen LogP contribution in [0.3, 0.4) is 0 Å². The van der Waals surface area contributed by atoms with Crippen molar-refractivity contribution in [1.82, 2.24) is 10.1 Å². The van der Waals surface area contributed by atoms with Crippen LogP contribution in [0, 0.1) is 11.8 Å². The number of para-hydroxylation sites is 1. The molecule has 2 aromatic rings. The molecule has 2 aliphatic heterocycles. The van der Waals surface area contributed by atoms with Crippen LogP contribution in [0.1, 0.15) is 59.7 Å². The van der Waals surface area contributed by atoms with E-state index in [-0.39, 0.29) is 23.7 Å². The van der Waals surface area contributed by atoms with E-state index in [0.717, 1.165) is 25.0 Å². The predicted octanol–water partition coefficient (Wildman–Crippen LogP) is 3.76.